The van der Waals surface area contributed by atoms with Gasteiger partial charge in [0, 0.05) is 13.1 Å². The summed E-state index contributed by atoms with van der Waals surface area (Å²) in [7, 11) is -3.65. The van der Waals surface area contributed by atoms with Gasteiger partial charge >= 0.3 is 10.2 Å². The SMILES string of the molecule is CC1CCN(S(=O)(=O)N2CC(=O)Nc3ccccc32)CC1. The maximum Gasteiger partial charge on any atom is 0.304 e. The Balaban J connectivity index is 1.94. The molecule has 1 saturated heterocycles. The highest BCUT2D eigenvalue weighted by molar-refractivity contribution is 7.90. The van der Waals surface area contributed by atoms with Crippen molar-refractivity contribution < 1.29 is 13.2 Å². The van der Waals surface area contributed by atoms with Gasteiger partial charge in [0.15, 0.2) is 0 Å². The first-order chi connectivity index (χ1) is 9.98. The van der Waals surface area contributed by atoms with Gasteiger partial charge in [0.05, 0.1) is 11.4 Å². The minimum absolute atomic E-state index is 0.161. The van der Waals surface area contributed by atoms with Gasteiger partial charge < -0.3 is 5.32 Å². The van der Waals surface area contributed by atoms with Crippen LogP contribution >= 0.6 is 0 Å². The number of nitrogens with zero attached hydrogens (tertiary/aromatic N) is 2. The normalized spacial score (nSPS) is 21.0. The Hall–Kier alpha value is -1.60. The number of anilines is 2. The molecule has 0 aliphatic carbocycles. The summed E-state index contributed by atoms with van der Waals surface area (Å²) in [5, 5.41) is 2.71. The Labute approximate surface area is 124 Å². The molecule has 0 radical (unpaired) electrons. The van der Waals surface area contributed by atoms with Gasteiger partial charge in [0.25, 0.3) is 0 Å². The van der Waals surface area contributed by atoms with E-state index in [4.69, 9.17) is 0 Å². The van der Waals surface area contributed by atoms with Crippen molar-refractivity contribution in [2.45, 2.75) is 19.8 Å². The molecule has 3 rings (SSSR count). The lowest BCUT2D eigenvalue weighted by molar-refractivity contribution is -0.115. The second kappa shape index (κ2) is 5.31. The molecule has 0 aromatic heterocycles. The zero-order chi connectivity index (χ0) is 15.0. The van der Waals surface area contributed by atoms with Crippen molar-refractivity contribution in [1.29, 1.82) is 0 Å². The van der Waals surface area contributed by atoms with Crippen LogP contribution in [0.1, 0.15) is 19.8 Å². The third-order valence-corrected chi connectivity index (χ3v) is 5.98. The van der Waals surface area contributed by atoms with Crippen molar-refractivity contribution in [3.05, 3.63) is 24.3 Å². The zero-order valence-electron chi connectivity index (χ0n) is 11.9. The summed E-state index contributed by atoms with van der Waals surface area (Å²) in [4.78, 5) is 11.8. The first kappa shape index (κ1) is 14.3. The fraction of sp³-hybridized carbons (Fsp3) is 0.500. The molecule has 1 amide bonds. The Kier molecular flexibility index (Phi) is 3.62. The van der Waals surface area contributed by atoms with Crippen LogP contribution in [0.5, 0.6) is 0 Å². The van der Waals surface area contributed by atoms with E-state index in [1.807, 2.05) is 0 Å². The maximum absolute atomic E-state index is 12.8. The number of piperidine rings is 1. The summed E-state index contributed by atoms with van der Waals surface area (Å²) in [5.41, 5.74) is 1.08. The van der Waals surface area contributed by atoms with Crippen molar-refractivity contribution in [3.63, 3.8) is 0 Å². The molecule has 2 aliphatic heterocycles. The third kappa shape index (κ3) is 2.63. The Morgan fingerprint density at radius 2 is 1.86 bits per heavy atom. The van der Waals surface area contributed by atoms with Crippen LogP contribution < -0.4 is 9.62 Å². The van der Waals surface area contributed by atoms with E-state index in [1.54, 1.807) is 24.3 Å². The molecular formula is C14H19N3O3S. The monoisotopic (exact) mass is 309 g/mol. The van der Waals surface area contributed by atoms with E-state index >= 15 is 0 Å². The number of hydrogen-bond donors (Lipinski definition) is 1. The summed E-state index contributed by atoms with van der Waals surface area (Å²) in [6.45, 7) is 3.01. The second-order valence-corrected chi connectivity index (χ2v) is 7.51. The van der Waals surface area contributed by atoms with Crippen LogP contribution in [0.25, 0.3) is 0 Å². The molecule has 2 heterocycles. The van der Waals surface area contributed by atoms with Crippen LogP contribution in [0.3, 0.4) is 0 Å². The highest BCUT2D eigenvalue weighted by Crippen LogP contribution is 2.33. The second-order valence-electron chi connectivity index (χ2n) is 5.66. The number of benzene rings is 1. The van der Waals surface area contributed by atoms with Gasteiger partial charge in [-0.05, 0) is 30.9 Å². The molecule has 0 bridgehead atoms. The summed E-state index contributed by atoms with van der Waals surface area (Å²) >= 11 is 0. The van der Waals surface area contributed by atoms with E-state index in [9.17, 15) is 13.2 Å². The molecule has 2 aliphatic rings. The smallest absolute Gasteiger partial charge is 0.304 e. The lowest BCUT2D eigenvalue weighted by Crippen LogP contribution is -2.51. The fourth-order valence-corrected chi connectivity index (χ4v) is 4.40. The quantitative estimate of drug-likeness (QED) is 0.898. The first-order valence-electron chi connectivity index (χ1n) is 7.15. The largest absolute Gasteiger partial charge is 0.323 e. The van der Waals surface area contributed by atoms with Crippen LogP contribution in [0.15, 0.2) is 24.3 Å². The maximum atomic E-state index is 12.8. The molecule has 1 aromatic rings. The predicted molar refractivity (Wildman–Crippen MR) is 81.3 cm³/mol. The molecule has 1 aromatic carbocycles. The minimum atomic E-state index is -3.65. The first-order valence-corrected chi connectivity index (χ1v) is 8.55. The number of carbonyl (C=O) groups excluding carboxylic acids is 1. The fourth-order valence-electron chi connectivity index (χ4n) is 2.76. The summed E-state index contributed by atoms with van der Waals surface area (Å²) < 4.78 is 28.4. The number of nitrogens with one attached hydrogen (secondary N) is 1. The highest BCUT2D eigenvalue weighted by Gasteiger charge is 2.36. The van der Waals surface area contributed by atoms with E-state index < -0.39 is 10.2 Å². The van der Waals surface area contributed by atoms with Gasteiger partial charge in [-0.3, -0.25) is 4.79 Å². The number of carbonyl (C=O) groups is 1. The van der Waals surface area contributed by atoms with Crippen LogP contribution in [0, 0.1) is 5.92 Å². The van der Waals surface area contributed by atoms with Crippen molar-refractivity contribution in [2.24, 2.45) is 5.92 Å². The predicted octanol–water partition coefficient (Wildman–Crippen LogP) is 1.42. The Morgan fingerprint density at radius 1 is 1.19 bits per heavy atom. The Morgan fingerprint density at radius 3 is 2.57 bits per heavy atom. The average Bonchev–Trinajstić information content (AvgIpc) is 2.46. The number of rotatable bonds is 2. The van der Waals surface area contributed by atoms with Gasteiger partial charge in [0.1, 0.15) is 6.54 Å². The molecule has 0 unspecified atom stereocenters. The Bertz CT molecular complexity index is 651. The van der Waals surface area contributed by atoms with E-state index in [2.05, 4.69) is 12.2 Å². The number of para-hydroxylation sites is 2. The molecule has 0 atom stereocenters. The molecule has 0 spiro atoms. The van der Waals surface area contributed by atoms with Crippen LogP contribution in [0.2, 0.25) is 0 Å². The average molecular weight is 309 g/mol. The molecule has 6 nitrogen and oxygen atoms in total. The van der Waals surface area contributed by atoms with E-state index in [-0.39, 0.29) is 12.5 Å². The number of hydrogen-bond acceptors (Lipinski definition) is 3. The number of fused-ring (bicyclic) bond motifs is 1. The highest BCUT2D eigenvalue weighted by atomic mass is 32.2. The van der Waals surface area contributed by atoms with E-state index in [0.29, 0.717) is 30.4 Å². The minimum Gasteiger partial charge on any atom is -0.323 e. The van der Waals surface area contributed by atoms with Gasteiger partial charge in [0.2, 0.25) is 5.91 Å². The lowest BCUT2D eigenvalue weighted by atomic mass is 10.0. The molecular weight excluding hydrogens is 290 g/mol. The molecule has 1 N–H and O–H groups in total. The van der Waals surface area contributed by atoms with Crippen molar-refractivity contribution in [2.75, 3.05) is 29.3 Å². The van der Waals surface area contributed by atoms with Gasteiger partial charge in [-0.2, -0.15) is 12.7 Å². The molecule has 1 fully saturated rings. The van der Waals surface area contributed by atoms with Crippen LogP contribution in [-0.2, 0) is 15.0 Å². The summed E-state index contributed by atoms with van der Waals surface area (Å²) in [6.07, 6.45) is 1.72. The zero-order valence-corrected chi connectivity index (χ0v) is 12.8. The van der Waals surface area contributed by atoms with Gasteiger partial charge in [-0.15, -0.1) is 0 Å². The van der Waals surface area contributed by atoms with E-state index in [1.165, 1.54) is 8.61 Å². The number of amides is 1. The van der Waals surface area contributed by atoms with Crippen molar-refractivity contribution in [3.8, 4) is 0 Å². The van der Waals surface area contributed by atoms with E-state index in [0.717, 1.165) is 12.8 Å². The standard InChI is InChI=1S/C14H19N3O3S/c1-11-6-8-16(9-7-11)21(19,20)17-10-14(18)15-12-4-2-3-5-13(12)17/h2-5,11H,6-10H2,1H3,(H,15,18). The molecule has 7 heteroatoms. The van der Waals surface area contributed by atoms with Gasteiger partial charge in [-0.1, -0.05) is 19.1 Å². The molecule has 114 valence electrons. The summed E-state index contributed by atoms with van der Waals surface area (Å²) in [6, 6.07) is 6.99. The summed E-state index contributed by atoms with van der Waals surface area (Å²) in [5.74, 6) is 0.246. The van der Waals surface area contributed by atoms with Crippen LogP contribution in [-0.4, -0.2) is 38.3 Å². The third-order valence-electron chi connectivity index (χ3n) is 4.08. The van der Waals surface area contributed by atoms with Crippen molar-refractivity contribution in [1.82, 2.24) is 4.31 Å². The van der Waals surface area contributed by atoms with Gasteiger partial charge in [-0.25, -0.2) is 4.31 Å². The van der Waals surface area contributed by atoms with Crippen molar-refractivity contribution >= 4 is 27.5 Å². The topological polar surface area (TPSA) is 69.7 Å². The molecule has 21 heavy (non-hydrogen) atoms. The molecule has 0 saturated carbocycles. The van der Waals surface area contributed by atoms with Crippen LogP contribution in [0.4, 0.5) is 11.4 Å². The lowest BCUT2D eigenvalue weighted by Gasteiger charge is -2.36.